The second-order valence-corrected chi connectivity index (χ2v) is 13.8. The van der Waals surface area contributed by atoms with Gasteiger partial charge in [0.1, 0.15) is 13.6 Å². The fourth-order valence-electron chi connectivity index (χ4n) is 10.5. The summed E-state index contributed by atoms with van der Waals surface area (Å²) in [5.74, 6) is 4.47. The van der Waals surface area contributed by atoms with Crippen molar-refractivity contribution < 1.29 is 28.5 Å². The van der Waals surface area contributed by atoms with Gasteiger partial charge in [-0.1, -0.05) is 47.5 Å². The zero-order valence-electron chi connectivity index (χ0n) is 25.5. The second-order valence-electron chi connectivity index (χ2n) is 13.8. The van der Waals surface area contributed by atoms with Crippen molar-refractivity contribution in [1.29, 1.82) is 0 Å². The fourth-order valence-corrected chi connectivity index (χ4v) is 10.5. The van der Waals surface area contributed by atoms with Crippen molar-refractivity contribution in [2.75, 3.05) is 34.9 Å². The molecule has 12 atom stereocenters. The van der Waals surface area contributed by atoms with E-state index < -0.39 is 0 Å². The van der Waals surface area contributed by atoms with Crippen molar-refractivity contribution in [2.24, 2.45) is 58.2 Å². The van der Waals surface area contributed by atoms with Crippen LogP contribution in [0.4, 0.5) is 0 Å². The predicted molar refractivity (Wildman–Crippen MR) is 148 cm³/mol. The summed E-state index contributed by atoms with van der Waals surface area (Å²) in [5.41, 5.74) is 0.336. The van der Waals surface area contributed by atoms with Gasteiger partial charge in [-0.2, -0.15) is 0 Å². The van der Waals surface area contributed by atoms with Gasteiger partial charge in [-0.15, -0.1) is 0 Å². The number of esters is 1. The Bertz CT molecular complexity index is 788. The van der Waals surface area contributed by atoms with E-state index in [0.29, 0.717) is 66.8 Å². The Labute approximate surface area is 232 Å². The quantitative estimate of drug-likeness (QED) is 0.216. The maximum atomic E-state index is 12.0. The van der Waals surface area contributed by atoms with Crippen LogP contribution in [0.2, 0.25) is 0 Å². The first-order valence-electron chi connectivity index (χ1n) is 15.4. The van der Waals surface area contributed by atoms with E-state index in [1.807, 2.05) is 0 Å². The molecule has 0 heterocycles. The first-order valence-corrected chi connectivity index (χ1v) is 15.4. The molecule has 6 nitrogen and oxygen atoms in total. The minimum absolute atomic E-state index is 0.0212. The van der Waals surface area contributed by atoms with Crippen LogP contribution in [0, 0.1) is 58.2 Å². The average molecular weight is 537 g/mol. The third-order valence-electron chi connectivity index (χ3n) is 12.3. The molecule has 4 aliphatic rings. The van der Waals surface area contributed by atoms with Crippen LogP contribution in [-0.4, -0.2) is 53.1 Å². The maximum Gasteiger partial charge on any atom is 0.305 e. The minimum atomic E-state index is -0.107. The highest BCUT2D eigenvalue weighted by Gasteiger charge is 2.68. The molecule has 0 aromatic carbocycles. The summed E-state index contributed by atoms with van der Waals surface area (Å²) in [6.45, 7) is 13.0. The first kappa shape index (κ1) is 30.3. The van der Waals surface area contributed by atoms with Crippen LogP contribution in [0.3, 0.4) is 0 Å². The molecule has 4 rings (SSSR count). The van der Waals surface area contributed by atoms with Gasteiger partial charge in [0.05, 0.1) is 19.3 Å². The van der Waals surface area contributed by atoms with Crippen molar-refractivity contribution in [3.05, 3.63) is 0 Å². The normalized spacial score (nSPS) is 45.1. The Hall–Kier alpha value is -0.690. The third-order valence-corrected chi connectivity index (χ3v) is 12.3. The number of methoxy groups -OCH3 is 3. The summed E-state index contributed by atoms with van der Waals surface area (Å²) in [4.78, 5) is 12.0. The number of ether oxygens (including phenoxy) is 5. The van der Waals surface area contributed by atoms with Gasteiger partial charge in [-0.25, -0.2) is 0 Å². The molecule has 0 saturated heterocycles. The van der Waals surface area contributed by atoms with Gasteiger partial charge < -0.3 is 23.7 Å². The van der Waals surface area contributed by atoms with Crippen molar-refractivity contribution in [3.63, 3.8) is 0 Å². The van der Waals surface area contributed by atoms with E-state index in [1.165, 1.54) is 39.2 Å². The molecule has 4 aliphatic carbocycles. The monoisotopic (exact) mass is 536 g/mol. The number of hydrogen-bond acceptors (Lipinski definition) is 6. The van der Waals surface area contributed by atoms with Crippen molar-refractivity contribution in [3.8, 4) is 0 Å². The molecule has 4 fully saturated rings. The lowest BCUT2D eigenvalue weighted by Crippen LogP contribution is -2.65. The third kappa shape index (κ3) is 5.21. The van der Waals surface area contributed by atoms with E-state index in [1.54, 1.807) is 14.2 Å². The van der Waals surface area contributed by atoms with E-state index in [-0.39, 0.29) is 23.6 Å². The molecule has 0 amide bonds. The summed E-state index contributed by atoms with van der Waals surface area (Å²) in [7, 11) is 4.98. The molecule has 4 saturated carbocycles. The van der Waals surface area contributed by atoms with Gasteiger partial charge in [0.15, 0.2) is 0 Å². The highest BCUT2D eigenvalue weighted by molar-refractivity contribution is 5.69. The SMILES string of the molecule is CC[C@H]1[C@@H](OCOC)[C@H]2C3CC[C@H]([C@H](C)CCC(=O)OC)[C@@]3(C)[C@@H](OCOC)CC2[C@@]2(C)CC[C@@H](C)C[C@@H]12. The molecule has 0 aliphatic heterocycles. The summed E-state index contributed by atoms with van der Waals surface area (Å²) < 4.78 is 29.4. The molecule has 0 radical (unpaired) electrons. The number of hydrogen-bond donors (Lipinski definition) is 0. The Morgan fingerprint density at radius 2 is 1.66 bits per heavy atom. The lowest BCUT2D eigenvalue weighted by atomic mass is 9.40. The van der Waals surface area contributed by atoms with Gasteiger partial charge in [-0.05, 0) is 91.3 Å². The van der Waals surface area contributed by atoms with E-state index in [9.17, 15) is 4.79 Å². The summed E-state index contributed by atoms with van der Waals surface area (Å²) >= 11 is 0. The Morgan fingerprint density at radius 3 is 2.32 bits per heavy atom. The minimum Gasteiger partial charge on any atom is -0.469 e. The van der Waals surface area contributed by atoms with Crippen LogP contribution < -0.4 is 0 Å². The lowest BCUT2D eigenvalue weighted by Gasteiger charge is -2.66. The Kier molecular flexibility index (Phi) is 9.92. The number of carbonyl (C=O) groups is 1. The van der Waals surface area contributed by atoms with Crippen LogP contribution in [-0.2, 0) is 28.5 Å². The highest BCUT2D eigenvalue weighted by Crippen LogP contribution is 2.70. The van der Waals surface area contributed by atoms with Crippen LogP contribution in [0.15, 0.2) is 0 Å². The molecular formula is C32H56O6. The number of fused-ring (bicyclic) bond motifs is 5. The summed E-state index contributed by atoms with van der Waals surface area (Å²) in [6.07, 6.45) is 10.3. The summed E-state index contributed by atoms with van der Waals surface area (Å²) in [5, 5.41) is 0. The van der Waals surface area contributed by atoms with Gasteiger partial charge in [0.25, 0.3) is 0 Å². The van der Waals surface area contributed by atoms with Crippen LogP contribution in [0.25, 0.3) is 0 Å². The van der Waals surface area contributed by atoms with Crippen molar-refractivity contribution >= 4 is 5.97 Å². The number of carbonyl (C=O) groups excluding carboxylic acids is 1. The van der Waals surface area contributed by atoms with Crippen LogP contribution in [0.1, 0.15) is 92.4 Å². The molecular weight excluding hydrogens is 480 g/mol. The zero-order valence-corrected chi connectivity index (χ0v) is 25.5. The molecule has 0 aromatic rings. The van der Waals surface area contributed by atoms with Gasteiger partial charge in [0.2, 0.25) is 0 Å². The molecule has 0 N–H and O–H groups in total. The fraction of sp³-hybridized carbons (Fsp3) is 0.969. The first-order chi connectivity index (χ1) is 18.2. The molecule has 0 aromatic heterocycles. The van der Waals surface area contributed by atoms with Crippen molar-refractivity contribution in [1.82, 2.24) is 0 Å². The van der Waals surface area contributed by atoms with Crippen LogP contribution >= 0.6 is 0 Å². The molecule has 6 heteroatoms. The lowest BCUT2D eigenvalue weighted by molar-refractivity contribution is -0.262. The van der Waals surface area contributed by atoms with E-state index >= 15 is 0 Å². The van der Waals surface area contributed by atoms with Crippen LogP contribution in [0.5, 0.6) is 0 Å². The zero-order chi connectivity index (χ0) is 27.7. The second kappa shape index (κ2) is 12.4. The standard InChI is InChI=1S/C32H56O6/c1-9-22-25-16-20(2)14-15-31(25,4)26-17-27(37-18-34-6)32(5)23(21(3)10-13-28(33)36-8)11-12-24(32)29(26)30(22)38-19-35-7/h20-27,29-30H,9-19H2,1-8H3/t20-,21-,22-,23-,24?,25+,26?,27+,29+,30-,31+,32-/m1/s1. The van der Waals surface area contributed by atoms with Gasteiger partial charge in [-0.3, -0.25) is 4.79 Å². The maximum absolute atomic E-state index is 12.0. The topological polar surface area (TPSA) is 63.2 Å². The smallest absolute Gasteiger partial charge is 0.305 e. The predicted octanol–water partition coefficient (Wildman–Crippen LogP) is 6.70. The molecule has 0 spiro atoms. The molecule has 0 bridgehead atoms. The van der Waals surface area contributed by atoms with Gasteiger partial charge in [0, 0.05) is 26.1 Å². The molecule has 2 unspecified atom stereocenters. The Morgan fingerprint density at radius 1 is 0.947 bits per heavy atom. The van der Waals surface area contributed by atoms with Gasteiger partial charge >= 0.3 is 5.97 Å². The summed E-state index contributed by atoms with van der Waals surface area (Å²) in [6, 6.07) is 0. The van der Waals surface area contributed by atoms with E-state index in [4.69, 9.17) is 23.7 Å². The number of rotatable bonds is 11. The average Bonchev–Trinajstić information content (AvgIpc) is 3.27. The highest BCUT2D eigenvalue weighted by atomic mass is 16.7. The largest absolute Gasteiger partial charge is 0.469 e. The molecule has 220 valence electrons. The van der Waals surface area contributed by atoms with Crippen molar-refractivity contribution in [2.45, 2.75) is 105 Å². The van der Waals surface area contributed by atoms with E-state index in [0.717, 1.165) is 25.2 Å². The Balaban J connectivity index is 1.73. The van der Waals surface area contributed by atoms with E-state index in [2.05, 4.69) is 34.6 Å². The molecule has 38 heavy (non-hydrogen) atoms.